The predicted octanol–water partition coefficient (Wildman–Crippen LogP) is 3.21. The smallest absolute Gasteiger partial charge is 0.0364 e. The fourth-order valence-corrected chi connectivity index (χ4v) is 0.930. The van der Waals surface area contributed by atoms with E-state index < -0.39 is 0 Å². The highest BCUT2D eigenvalue weighted by atomic mass is 14.7. The number of aliphatic imine (C=N–C) groups is 1. The maximum absolute atomic E-state index is 4.35. The Bertz CT molecular complexity index is 175. The third-order valence-electron chi connectivity index (χ3n) is 2.11. The van der Waals surface area contributed by atoms with Crippen molar-refractivity contribution in [1.82, 2.24) is 0 Å². The molecule has 0 heterocycles. The molecule has 0 atom stereocenters. The predicted molar refractivity (Wildman–Crippen MR) is 52.3 cm³/mol. The van der Waals surface area contributed by atoms with Gasteiger partial charge in [-0.2, -0.15) is 0 Å². The number of hydrogen-bond acceptors (Lipinski definition) is 1. The van der Waals surface area contributed by atoms with E-state index >= 15 is 0 Å². The number of rotatable bonds is 3. The van der Waals surface area contributed by atoms with Crippen LogP contribution in [0.5, 0.6) is 0 Å². The molecule has 0 radical (unpaired) electrons. The van der Waals surface area contributed by atoms with E-state index in [0.29, 0.717) is 0 Å². The van der Waals surface area contributed by atoms with Crippen molar-refractivity contribution < 1.29 is 0 Å². The Morgan fingerprint density at radius 3 is 2.00 bits per heavy atom. The van der Waals surface area contributed by atoms with Gasteiger partial charge in [-0.25, -0.2) is 0 Å². The highest BCUT2D eigenvalue weighted by Crippen LogP contribution is 2.08. The van der Waals surface area contributed by atoms with E-state index in [-0.39, 0.29) is 0 Å². The van der Waals surface area contributed by atoms with Gasteiger partial charge in [0.2, 0.25) is 0 Å². The number of allylic oxidation sites excluding steroid dienone is 2. The van der Waals surface area contributed by atoms with Gasteiger partial charge in [0.25, 0.3) is 0 Å². The summed E-state index contributed by atoms with van der Waals surface area (Å²) in [5.41, 5.74) is 3.99. The van der Waals surface area contributed by atoms with Gasteiger partial charge in [0, 0.05) is 12.3 Å². The van der Waals surface area contributed by atoms with Gasteiger partial charge in [-0.3, -0.25) is 4.99 Å². The largest absolute Gasteiger partial charge is 0.290 e. The van der Waals surface area contributed by atoms with Gasteiger partial charge in [0.1, 0.15) is 0 Å². The van der Waals surface area contributed by atoms with Crippen molar-refractivity contribution in [1.29, 1.82) is 0 Å². The summed E-state index contributed by atoms with van der Waals surface area (Å²) >= 11 is 0. The molecule has 0 fully saturated rings. The van der Waals surface area contributed by atoms with Gasteiger partial charge in [0.05, 0.1) is 0 Å². The summed E-state index contributed by atoms with van der Waals surface area (Å²) in [6.45, 7) is 11.5. The number of hydrogen-bond donors (Lipinski definition) is 0. The quantitative estimate of drug-likeness (QED) is 0.552. The van der Waals surface area contributed by atoms with Crippen LogP contribution in [0.15, 0.2) is 16.1 Å². The molecule has 0 bridgehead atoms. The molecule has 0 spiro atoms. The van der Waals surface area contributed by atoms with Crippen LogP contribution in [0.1, 0.15) is 41.0 Å². The van der Waals surface area contributed by atoms with Crippen molar-refractivity contribution in [3.63, 3.8) is 0 Å². The van der Waals surface area contributed by atoms with Crippen LogP contribution in [0.2, 0.25) is 0 Å². The standard InChI is InChI=1S/C10H19N/c1-6-8(3)9(4)10(5)11-7-2/h6-7H2,1-5H3/b9-8+,11-10-. The first-order valence-corrected chi connectivity index (χ1v) is 4.31. The molecule has 0 aromatic rings. The maximum atomic E-state index is 4.35. The zero-order valence-corrected chi connectivity index (χ0v) is 8.36. The molecule has 1 heteroatoms. The molecule has 64 valence electrons. The Labute approximate surface area is 70.2 Å². The van der Waals surface area contributed by atoms with Crippen molar-refractivity contribution >= 4 is 5.71 Å². The molecule has 0 saturated heterocycles. The van der Waals surface area contributed by atoms with Crippen molar-refractivity contribution in [2.75, 3.05) is 6.54 Å². The summed E-state index contributed by atoms with van der Waals surface area (Å²) in [5, 5.41) is 0. The van der Waals surface area contributed by atoms with E-state index in [0.717, 1.165) is 13.0 Å². The Balaban J connectivity index is 4.46. The van der Waals surface area contributed by atoms with Gasteiger partial charge in [0.15, 0.2) is 0 Å². The summed E-state index contributed by atoms with van der Waals surface area (Å²) in [6.07, 6.45) is 1.13. The second-order valence-electron chi connectivity index (χ2n) is 2.82. The van der Waals surface area contributed by atoms with Crippen LogP contribution in [0.25, 0.3) is 0 Å². The fourth-order valence-electron chi connectivity index (χ4n) is 0.930. The molecular weight excluding hydrogens is 134 g/mol. The Morgan fingerprint density at radius 1 is 1.09 bits per heavy atom. The fraction of sp³-hybridized carbons (Fsp3) is 0.700. The van der Waals surface area contributed by atoms with Crippen molar-refractivity contribution in [3.05, 3.63) is 11.1 Å². The SMILES string of the molecule is CC/N=C(C)\C(C)=C(/C)CC. The molecule has 11 heavy (non-hydrogen) atoms. The van der Waals surface area contributed by atoms with Crippen LogP contribution in [0, 0.1) is 0 Å². The molecule has 0 rings (SSSR count). The first-order valence-electron chi connectivity index (χ1n) is 4.31. The summed E-state index contributed by atoms with van der Waals surface area (Å²) in [5.74, 6) is 0. The van der Waals surface area contributed by atoms with Crippen molar-refractivity contribution in [2.45, 2.75) is 41.0 Å². The average molecular weight is 153 g/mol. The van der Waals surface area contributed by atoms with Crippen LogP contribution in [-0.4, -0.2) is 12.3 Å². The van der Waals surface area contributed by atoms with E-state index in [4.69, 9.17) is 0 Å². The monoisotopic (exact) mass is 153 g/mol. The topological polar surface area (TPSA) is 12.4 Å². The summed E-state index contributed by atoms with van der Waals surface area (Å²) < 4.78 is 0. The minimum absolute atomic E-state index is 0.889. The van der Waals surface area contributed by atoms with Crippen LogP contribution in [0.3, 0.4) is 0 Å². The van der Waals surface area contributed by atoms with E-state index in [9.17, 15) is 0 Å². The lowest BCUT2D eigenvalue weighted by Gasteiger charge is -2.04. The Hall–Kier alpha value is -0.590. The van der Waals surface area contributed by atoms with Crippen molar-refractivity contribution in [3.8, 4) is 0 Å². The molecule has 0 aliphatic rings. The molecular formula is C10H19N. The number of nitrogens with zero attached hydrogens (tertiary/aromatic N) is 1. The van der Waals surface area contributed by atoms with Gasteiger partial charge in [-0.1, -0.05) is 12.5 Å². The van der Waals surface area contributed by atoms with Gasteiger partial charge in [-0.15, -0.1) is 0 Å². The van der Waals surface area contributed by atoms with E-state index in [1.54, 1.807) is 0 Å². The molecule has 0 N–H and O–H groups in total. The third kappa shape index (κ3) is 3.35. The maximum Gasteiger partial charge on any atom is 0.0364 e. The summed E-state index contributed by atoms with van der Waals surface area (Å²) in [6, 6.07) is 0. The Morgan fingerprint density at radius 2 is 1.64 bits per heavy atom. The van der Waals surface area contributed by atoms with E-state index in [2.05, 4.69) is 39.6 Å². The molecule has 0 unspecified atom stereocenters. The molecule has 0 aliphatic carbocycles. The molecule has 0 aromatic heterocycles. The zero-order chi connectivity index (χ0) is 8.85. The normalized spacial score (nSPS) is 14.8. The average Bonchev–Trinajstić information content (AvgIpc) is 2.02. The van der Waals surface area contributed by atoms with Gasteiger partial charge < -0.3 is 0 Å². The lowest BCUT2D eigenvalue weighted by atomic mass is 10.1. The second-order valence-corrected chi connectivity index (χ2v) is 2.82. The van der Waals surface area contributed by atoms with Crippen LogP contribution >= 0.6 is 0 Å². The first-order chi connectivity index (χ1) is 5.13. The summed E-state index contributed by atoms with van der Waals surface area (Å²) in [4.78, 5) is 4.35. The lowest BCUT2D eigenvalue weighted by Crippen LogP contribution is -1.97. The van der Waals surface area contributed by atoms with Crippen molar-refractivity contribution in [2.24, 2.45) is 4.99 Å². The minimum atomic E-state index is 0.889. The summed E-state index contributed by atoms with van der Waals surface area (Å²) in [7, 11) is 0. The molecule has 1 nitrogen and oxygen atoms in total. The van der Waals surface area contributed by atoms with E-state index in [1.165, 1.54) is 16.9 Å². The third-order valence-corrected chi connectivity index (χ3v) is 2.11. The minimum Gasteiger partial charge on any atom is -0.290 e. The highest BCUT2D eigenvalue weighted by molar-refractivity contribution is 5.98. The van der Waals surface area contributed by atoms with Gasteiger partial charge in [-0.05, 0) is 39.7 Å². The highest BCUT2D eigenvalue weighted by Gasteiger charge is 1.97. The molecule has 0 amide bonds. The second kappa shape index (κ2) is 5.11. The van der Waals surface area contributed by atoms with E-state index in [1.807, 2.05) is 0 Å². The lowest BCUT2D eigenvalue weighted by molar-refractivity contribution is 1.06. The zero-order valence-electron chi connectivity index (χ0n) is 8.36. The van der Waals surface area contributed by atoms with Crippen LogP contribution in [0.4, 0.5) is 0 Å². The van der Waals surface area contributed by atoms with Crippen LogP contribution in [-0.2, 0) is 0 Å². The molecule has 0 aromatic carbocycles. The van der Waals surface area contributed by atoms with Gasteiger partial charge >= 0.3 is 0 Å². The molecule has 0 aliphatic heterocycles. The Kier molecular flexibility index (Phi) is 4.84. The van der Waals surface area contributed by atoms with Crippen LogP contribution < -0.4 is 0 Å². The first kappa shape index (κ1) is 10.4. The molecule has 0 saturated carbocycles.